The number of carbonyl (C=O) groups is 1. The number of carbonyl (C=O) groups excluding carboxylic acids is 1. The van der Waals surface area contributed by atoms with Gasteiger partial charge in [0.05, 0.1) is 6.42 Å². The number of primary amides is 1. The third-order valence-electron chi connectivity index (χ3n) is 1.03. The molecule has 2 N–H and O–H groups in total. The predicted octanol–water partition coefficient (Wildman–Crippen LogP) is 0.742. The van der Waals surface area contributed by atoms with Crippen LogP contribution in [-0.4, -0.2) is 22.3 Å². The number of aromatic nitrogens is 2. The lowest BCUT2D eigenvalue weighted by Gasteiger charge is -2.00. The molecule has 1 rings (SSSR count). The molecule has 0 aromatic carbocycles. The van der Waals surface area contributed by atoms with Crippen molar-refractivity contribution in [3.8, 4) is 0 Å². The Labute approximate surface area is 74.6 Å². The lowest BCUT2D eigenvalue weighted by Crippen LogP contribution is -2.11. The fraction of sp³-hybridized carbons (Fsp3) is 0.400. The van der Waals surface area contributed by atoms with E-state index in [2.05, 4.69) is 10.2 Å². The number of hydrogen-bond acceptors (Lipinski definition) is 4. The van der Waals surface area contributed by atoms with Crippen molar-refractivity contribution in [1.29, 1.82) is 0 Å². The second kappa shape index (κ2) is 3.29. The van der Waals surface area contributed by atoms with Gasteiger partial charge in [-0.15, -0.1) is 10.2 Å². The molecule has 0 radical (unpaired) electrons. The van der Waals surface area contributed by atoms with E-state index in [1.165, 1.54) is 0 Å². The molecule has 0 spiro atoms. The van der Waals surface area contributed by atoms with Crippen LogP contribution in [0.5, 0.6) is 0 Å². The monoisotopic (exact) mass is 211 g/mol. The molecular weight excluding hydrogens is 207 g/mol. The van der Waals surface area contributed by atoms with Gasteiger partial charge in [0.1, 0.15) is 5.01 Å². The lowest BCUT2D eigenvalue weighted by atomic mass is 10.4. The minimum absolute atomic E-state index is 0.209. The van der Waals surface area contributed by atoms with Crippen LogP contribution in [0.15, 0.2) is 0 Å². The lowest BCUT2D eigenvalue weighted by molar-refractivity contribution is -0.127. The first-order valence-electron chi connectivity index (χ1n) is 3.07. The minimum atomic E-state index is -4.34. The fourth-order valence-corrected chi connectivity index (χ4v) is 1.32. The number of nitrogens with zero attached hydrogens (tertiary/aromatic N) is 2. The summed E-state index contributed by atoms with van der Waals surface area (Å²) in [6, 6.07) is 0. The molecule has 1 amide bonds. The van der Waals surface area contributed by atoms with Gasteiger partial charge in [0.25, 0.3) is 5.91 Å². The van der Waals surface area contributed by atoms with Crippen LogP contribution in [0.25, 0.3) is 0 Å². The number of alkyl halides is 3. The van der Waals surface area contributed by atoms with Crippen molar-refractivity contribution in [2.24, 2.45) is 5.73 Å². The third kappa shape index (κ3) is 2.98. The Morgan fingerprint density at radius 2 is 2.08 bits per heavy atom. The van der Waals surface area contributed by atoms with E-state index < -0.39 is 18.5 Å². The van der Waals surface area contributed by atoms with Gasteiger partial charge in [-0.1, -0.05) is 11.3 Å². The highest BCUT2D eigenvalue weighted by Crippen LogP contribution is 2.22. The van der Waals surface area contributed by atoms with E-state index in [0.29, 0.717) is 11.3 Å². The van der Waals surface area contributed by atoms with Gasteiger partial charge in [-0.25, -0.2) is 0 Å². The van der Waals surface area contributed by atoms with E-state index in [-0.39, 0.29) is 10.0 Å². The average molecular weight is 211 g/mol. The van der Waals surface area contributed by atoms with E-state index in [1.54, 1.807) is 0 Å². The van der Waals surface area contributed by atoms with E-state index >= 15 is 0 Å². The van der Waals surface area contributed by atoms with Crippen LogP contribution >= 0.6 is 11.3 Å². The molecule has 0 unspecified atom stereocenters. The topological polar surface area (TPSA) is 68.9 Å². The van der Waals surface area contributed by atoms with Crippen LogP contribution in [0.4, 0.5) is 13.2 Å². The maximum atomic E-state index is 11.8. The molecule has 1 aromatic heterocycles. The Morgan fingerprint density at radius 3 is 2.46 bits per heavy atom. The predicted molar refractivity (Wildman–Crippen MR) is 38.2 cm³/mol. The Hall–Kier alpha value is -1.18. The van der Waals surface area contributed by atoms with E-state index in [0.717, 1.165) is 0 Å². The molecule has 0 fully saturated rings. The maximum absolute atomic E-state index is 11.8. The van der Waals surface area contributed by atoms with E-state index in [9.17, 15) is 18.0 Å². The Bertz CT molecular complexity index is 321. The first kappa shape index (κ1) is 9.90. The smallest absolute Gasteiger partial charge is 0.363 e. The molecule has 0 atom stereocenters. The van der Waals surface area contributed by atoms with Crippen LogP contribution in [-0.2, 0) is 6.42 Å². The summed E-state index contributed by atoms with van der Waals surface area (Å²) in [6.07, 6.45) is -5.52. The quantitative estimate of drug-likeness (QED) is 0.784. The normalized spacial score (nSPS) is 11.6. The second-order valence-corrected chi connectivity index (χ2v) is 3.22. The Morgan fingerprint density at radius 1 is 1.46 bits per heavy atom. The summed E-state index contributed by atoms with van der Waals surface area (Å²) in [5.41, 5.74) is 4.78. The molecule has 0 aliphatic rings. The molecule has 13 heavy (non-hydrogen) atoms. The van der Waals surface area contributed by atoms with Crippen molar-refractivity contribution in [3.05, 3.63) is 10.0 Å². The first-order chi connectivity index (χ1) is 5.88. The molecule has 0 aliphatic carbocycles. The number of halogens is 3. The highest BCUT2D eigenvalue weighted by Gasteiger charge is 2.30. The van der Waals surface area contributed by atoms with Crippen LogP contribution in [0.2, 0.25) is 0 Å². The zero-order chi connectivity index (χ0) is 10.1. The summed E-state index contributed by atoms with van der Waals surface area (Å²) in [4.78, 5) is 10.4. The van der Waals surface area contributed by atoms with Crippen molar-refractivity contribution in [2.75, 3.05) is 0 Å². The first-order valence-corrected chi connectivity index (χ1v) is 3.89. The molecule has 0 saturated heterocycles. The van der Waals surface area contributed by atoms with Gasteiger partial charge in [-0.2, -0.15) is 13.2 Å². The number of nitrogens with two attached hydrogens (primary N) is 1. The van der Waals surface area contributed by atoms with Crippen LogP contribution in [0.3, 0.4) is 0 Å². The molecule has 1 aromatic rings. The average Bonchev–Trinajstić information content (AvgIpc) is 2.31. The zero-order valence-electron chi connectivity index (χ0n) is 6.13. The SMILES string of the molecule is NC(=O)c1nnc(CC(F)(F)F)s1. The molecule has 0 saturated carbocycles. The summed E-state index contributed by atoms with van der Waals surface area (Å²) in [6.45, 7) is 0. The molecule has 4 nitrogen and oxygen atoms in total. The van der Waals surface area contributed by atoms with Crippen molar-refractivity contribution in [1.82, 2.24) is 10.2 Å². The van der Waals surface area contributed by atoms with Gasteiger partial charge >= 0.3 is 6.18 Å². The van der Waals surface area contributed by atoms with Gasteiger partial charge in [-0.05, 0) is 0 Å². The van der Waals surface area contributed by atoms with Crippen molar-refractivity contribution in [2.45, 2.75) is 12.6 Å². The minimum Gasteiger partial charge on any atom is -0.363 e. The highest BCUT2D eigenvalue weighted by molar-refractivity contribution is 7.13. The second-order valence-electron chi connectivity index (χ2n) is 2.16. The number of rotatable bonds is 2. The van der Waals surface area contributed by atoms with E-state index in [1.807, 2.05) is 0 Å². The van der Waals surface area contributed by atoms with Crippen molar-refractivity contribution >= 4 is 17.2 Å². The summed E-state index contributed by atoms with van der Waals surface area (Å²) in [7, 11) is 0. The fourth-order valence-electron chi connectivity index (χ4n) is 0.596. The van der Waals surface area contributed by atoms with E-state index in [4.69, 9.17) is 5.73 Å². The van der Waals surface area contributed by atoms with Crippen LogP contribution in [0.1, 0.15) is 14.8 Å². The van der Waals surface area contributed by atoms with Crippen LogP contribution < -0.4 is 5.73 Å². The third-order valence-corrected chi connectivity index (χ3v) is 1.97. The van der Waals surface area contributed by atoms with Gasteiger partial charge in [0, 0.05) is 0 Å². The molecular formula is C5H4F3N3OS. The van der Waals surface area contributed by atoms with Crippen LogP contribution in [0, 0.1) is 0 Å². The number of amides is 1. The summed E-state index contributed by atoms with van der Waals surface area (Å²) in [5, 5.41) is 5.89. The Balaban J connectivity index is 2.75. The number of hydrogen-bond donors (Lipinski definition) is 1. The summed E-state index contributed by atoms with van der Waals surface area (Å²) in [5.74, 6) is -0.870. The van der Waals surface area contributed by atoms with Gasteiger partial charge in [-0.3, -0.25) is 4.79 Å². The van der Waals surface area contributed by atoms with Crippen molar-refractivity contribution < 1.29 is 18.0 Å². The molecule has 0 aliphatic heterocycles. The Kier molecular flexibility index (Phi) is 2.50. The molecule has 72 valence electrons. The summed E-state index contributed by atoms with van der Waals surface area (Å²) >= 11 is 0.551. The molecule has 0 bridgehead atoms. The maximum Gasteiger partial charge on any atom is 0.395 e. The molecule has 1 heterocycles. The van der Waals surface area contributed by atoms with Gasteiger partial charge < -0.3 is 5.73 Å². The van der Waals surface area contributed by atoms with Gasteiger partial charge in [0.2, 0.25) is 5.01 Å². The van der Waals surface area contributed by atoms with Gasteiger partial charge in [0.15, 0.2) is 0 Å². The molecule has 8 heteroatoms. The standard InChI is InChI=1S/C5H4F3N3OS/c6-5(7,8)1-2-10-11-4(13-2)3(9)12/h1H2,(H2,9,12). The summed E-state index contributed by atoms with van der Waals surface area (Å²) < 4.78 is 35.3. The highest BCUT2D eigenvalue weighted by atomic mass is 32.1. The largest absolute Gasteiger partial charge is 0.395 e. The zero-order valence-corrected chi connectivity index (χ0v) is 6.95. The van der Waals surface area contributed by atoms with Crippen molar-refractivity contribution in [3.63, 3.8) is 0 Å².